The van der Waals surface area contributed by atoms with Gasteiger partial charge in [-0.05, 0) is 19.4 Å². The number of carbonyl (C=O) groups excluding carboxylic acids is 1. The second-order valence-electron chi connectivity index (χ2n) is 6.87. The molecule has 0 aliphatic carbocycles. The molecule has 0 unspecified atom stereocenters. The molecule has 2 N–H and O–H groups in total. The third kappa shape index (κ3) is 4.22. The summed E-state index contributed by atoms with van der Waals surface area (Å²) in [7, 11) is 2.96. The molecule has 0 radical (unpaired) electrons. The largest absolute Gasteiger partial charge is 0.496 e. The maximum atomic E-state index is 12.3. The number of hydrogen-bond acceptors (Lipinski definition) is 6. The van der Waals surface area contributed by atoms with Crippen molar-refractivity contribution >= 4 is 11.8 Å². The fourth-order valence-electron chi connectivity index (χ4n) is 2.98. The fourth-order valence-corrected chi connectivity index (χ4v) is 2.98. The Morgan fingerprint density at radius 3 is 2.81 bits per heavy atom. The predicted octanol–water partition coefficient (Wildman–Crippen LogP) is 3.24. The summed E-state index contributed by atoms with van der Waals surface area (Å²) in [6.45, 7) is 3.98. The van der Waals surface area contributed by atoms with Crippen molar-refractivity contribution in [3.8, 4) is 17.4 Å². The van der Waals surface area contributed by atoms with E-state index in [0.29, 0.717) is 10.8 Å². The van der Waals surface area contributed by atoms with Crippen molar-refractivity contribution in [2.45, 2.75) is 32.4 Å². The average Bonchev–Trinajstić information content (AvgIpc) is 2.96. The van der Waals surface area contributed by atoms with E-state index >= 15 is 0 Å². The second-order valence-corrected chi connectivity index (χ2v) is 6.87. The van der Waals surface area contributed by atoms with E-state index in [0.717, 1.165) is 23.3 Å². The maximum Gasteiger partial charge on any atom is 0.347 e. The highest BCUT2D eigenvalue weighted by Crippen LogP contribution is 2.38. The number of nitrogens with zero attached hydrogens (tertiary/aromatic N) is 2. The van der Waals surface area contributed by atoms with E-state index in [4.69, 9.17) is 14.2 Å². The van der Waals surface area contributed by atoms with Gasteiger partial charge in [0.05, 0.1) is 20.8 Å². The molecule has 2 heterocycles. The molecular weight excluding hydrogens is 350 g/mol. The van der Waals surface area contributed by atoms with Gasteiger partial charge in [0.2, 0.25) is 5.88 Å². The van der Waals surface area contributed by atoms with Crippen molar-refractivity contribution in [2.24, 2.45) is 0 Å². The molecule has 2 amide bonds. The number of aromatic nitrogens is 1. The fraction of sp³-hybridized carbons (Fsp3) is 0.368. The summed E-state index contributed by atoms with van der Waals surface area (Å²) in [6, 6.07) is 8.08. The van der Waals surface area contributed by atoms with Crippen LogP contribution in [0.2, 0.25) is 0 Å². The van der Waals surface area contributed by atoms with Crippen LogP contribution in [0.25, 0.3) is 0 Å². The Balaban J connectivity index is 1.72. The van der Waals surface area contributed by atoms with Gasteiger partial charge in [-0.1, -0.05) is 18.2 Å². The van der Waals surface area contributed by atoms with E-state index in [-0.39, 0.29) is 23.8 Å². The Bertz CT molecular complexity index is 831. The van der Waals surface area contributed by atoms with E-state index in [2.05, 4.69) is 10.3 Å². The van der Waals surface area contributed by atoms with Crippen LogP contribution in [0.15, 0.2) is 30.3 Å². The summed E-state index contributed by atoms with van der Waals surface area (Å²) in [5.41, 5.74) is 1.49. The number of hydroxylamine groups is 2. The molecular formula is C19H23N3O5. The number of amides is 2. The van der Waals surface area contributed by atoms with Crippen LogP contribution in [0, 0.1) is 0 Å². The number of carbonyl (C=O) groups is 1. The zero-order valence-electron chi connectivity index (χ0n) is 15.8. The number of rotatable bonds is 5. The van der Waals surface area contributed by atoms with Crippen LogP contribution in [0.4, 0.5) is 10.6 Å². The minimum Gasteiger partial charge on any atom is -0.496 e. The van der Waals surface area contributed by atoms with Crippen LogP contribution in [-0.4, -0.2) is 41.1 Å². The van der Waals surface area contributed by atoms with Crippen molar-refractivity contribution < 1.29 is 24.2 Å². The first kappa shape index (κ1) is 18.8. The highest BCUT2D eigenvalue weighted by atomic mass is 16.5. The smallest absolute Gasteiger partial charge is 0.347 e. The van der Waals surface area contributed by atoms with E-state index < -0.39 is 6.03 Å². The van der Waals surface area contributed by atoms with Crippen LogP contribution in [0.1, 0.15) is 25.0 Å². The topological polar surface area (TPSA) is 93.2 Å². The van der Waals surface area contributed by atoms with Gasteiger partial charge in [-0.2, -0.15) is 4.98 Å². The first-order valence-corrected chi connectivity index (χ1v) is 8.48. The van der Waals surface area contributed by atoms with Gasteiger partial charge in [0.1, 0.15) is 22.9 Å². The number of urea groups is 1. The average molecular weight is 373 g/mol. The number of fused-ring (bicyclic) bond motifs is 1. The van der Waals surface area contributed by atoms with Crippen molar-refractivity contribution in [3.05, 3.63) is 41.5 Å². The molecule has 1 aromatic carbocycles. The van der Waals surface area contributed by atoms with E-state index in [1.807, 2.05) is 32.0 Å². The number of anilines is 1. The first-order valence-electron chi connectivity index (χ1n) is 8.48. The Morgan fingerprint density at radius 2 is 2.11 bits per heavy atom. The van der Waals surface area contributed by atoms with Gasteiger partial charge in [-0.25, -0.2) is 9.86 Å². The van der Waals surface area contributed by atoms with E-state index in [1.165, 1.54) is 20.3 Å². The number of pyridine rings is 1. The van der Waals surface area contributed by atoms with E-state index in [9.17, 15) is 10.0 Å². The molecule has 27 heavy (non-hydrogen) atoms. The Kier molecular flexibility index (Phi) is 5.09. The minimum atomic E-state index is -0.729. The highest BCUT2D eigenvalue weighted by Gasteiger charge is 2.32. The van der Waals surface area contributed by atoms with Crippen LogP contribution >= 0.6 is 0 Å². The van der Waals surface area contributed by atoms with Crippen LogP contribution < -0.4 is 19.5 Å². The van der Waals surface area contributed by atoms with Crippen molar-refractivity contribution in [3.63, 3.8) is 0 Å². The molecule has 1 aliphatic heterocycles. The zero-order valence-corrected chi connectivity index (χ0v) is 15.8. The third-order valence-electron chi connectivity index (χ3n) is 4.18. The zero-order chi connectivity index (χ0) is 19.6. The standard InChI is InChI=1S/C19H23N3O5/c1-19(2)10-12-6-5-7-13(17(12)27-19)11-22(24)18(23)21-15-8-14(25-3)9-16(20-15)26-4/h5-9,24H,10-11H2,1-4H3,(H,20,21,23). The number of hydrogen-bond donors (Lipinski definition) is 2. The summed E-state index contributed by atoms with van der Waals surface area (Å²) in [5, 5.41) is 13.3. The molecule has 0 spiro atoms. The number of methoxy groups -OCH3 is 2. The molecule has 8 heteroatoms. The number of benzene rings is 1. The van der Waals surface area contributed by atoms with Gasteiger partial charge in [0.15, 0.2) is 0 Å². The number of para-hydroxylation sites is 1. The van der Waals surface area contributed by atoms with Crippen molar-refractivity contribution in [1.29, 1.82) is 0 Å². The van der Waals surface area contributed by atoms with Gasteiger partial charge in [0, 0.05) is 24.1 Å². The molecule has 0 atom stereocenters. The quantitative estimate of drug-likeness (QED) is 0.617. The SMILES string of the molecule is COc1cc(NC(=O)N(O)Cc2cccc3c2OC(C)(C)C3)nc(OC)c1. The summed E-state index contributed by atoms with van der Waals surface area (Å²) in [5.74, 6) is 1.67. The Labute approximate surface area is 157 Å². The lowest BCUT2D eigenvalue weighted by Gasteiger charge is -2.20. The molecule has 8 nitrogen and oxygen atoms in total. The second kappa shape index (κ2) is 7.32. The van der Waals surface area contributed by atoms with Gasteiger partial charge in [0.25, 0.3) is 0 Å². The number of nitrogens with one attached hydrogen (secondary N) is 1. The lowest BCUT2D eigenvalue weighted by Crippen LogP contribution is -2.32. The van der Waals surface area contributed by atoms with E-state index in [1.54, 1.807) is 6.07 Å². The van der Waals surface area contributed by atoms with Crippen LogP contribution in [0.3, 0.4) is 0 Å². The molecule has 2 aromatic rings. The lowest BCUT2D eigenvalue weighted by atomic mass is 10.0. The third-order valence-corrected chi connectivity index (χ3v) is 4.18. The van der Waals surface area contributed by atoms with Gasteiger partial charge in [-0.15, -0.1) is 0 Å². The Morgan fingerprint density at radius 1 is 1.33 bits per heavy atom. The Hall–Kier alpha value is -3.00. The molecule has 0 bridgehead atoms. The summed E-state index contributed by atoms with van der Waals surface area (Å²) in [4.78, 5) is 16.5. The first-order chi connectivity index (χ1) is 12.8. The summed E-state index contributed by atoms with van der Waals surface area (Å²) >= 11 is 0. The summed E-state index contributed by atoms with van der Waals surface area (Å²) in [6.07, 6.45) is 0.779. The predicted molar refractivity (Wildman–Crippen MR) is 98.5 cm³/mol. The highest BCUT2D eigenvalue weighted by molar-refractivity contribution is 5.87. The molecule has 3 rings (SSSR count). The van der Waals surface area contributed by atoms with Crippen LogP contribution in [0.5, 0.6) is 17.4 Å². The molecule has 1 aromatic heterocycles. The number of ether oxygens (including phenoxy) is 3. The molecule has 0 saturated heterocycles. The monoisotopic (exact) mass is 373 g/mol. The lowest BCUT2D eigenvalue weighted by molar-refractivity contribution is -0.0457. The van der Waals surface area contributed by atoms with Gasteiger partial charge in [-0.3, -0.25) is 10.5 Å². The molecule has 1 aliphatic rings. The van der Waals surface area contributed by atoms with Gasteiger partial charge >= 0.3 is 6.03 Å². The molecule has 0 fully saturated rings. The van der Waals surface area contributed by atoms with Crippen molar-refractivity contribution in [2.75, 3.05) is 19.5 Å². The molecule has 144 valence electrons. The normalized spacial score (nSPS) is 14.1. The molecule has 0 saturated carbocycles. The maximum absolute atomic E-state index is 12.3. The van der Waals surface area contributed by atoms with Crippen molar-refractivity contribution in [1.82, 2.24) is 10.0 Å². The van der Waals surface area contributed by atoms with Crippen LogP contribution in [-0.2, 0) is 13.0 Å². The summed E-state index contributed by atoms with van der Waals surface area (Å²) < 4.78 is 16.2. The van der Waals surface area contributed by atoms with Gasteiger partial charge < -0.3 is 14.2 Å². The minimum absolute atomic E-state index is 0.0216.